The predicted molar refractivity (Wildman–Crippen MR) is 47.3 cm³/mol. The molecule has 0 aliphatic rings. The Morgan fingerprint density at radius 2 is 2.12 bits per heavy atom. The van der Waals surface area contributed by atoms with Crippen molar-refractivity contribution in [1.82, 2.24) is 24.8 Å². The molecular formula is C8H8F3N5. The van der Waals surface area contributed by atoms with Crippen molar-refractivity contribution in [2.75, 3.05) is 0 Å². The summed E-state index contributed by atoms with van der Waals surface area (Å²) in [7, 11) is 1.26. The molecule has 0 aromatic carbocycles. The van der Waals surface area contributed by atoms with Crippen LogP contribution in [-0.2, 0) is 19.8 Å². The van der Waals surface area contributed by atoms with Crippen LogP contribution >= 0.6 is 0 Å². The molecule has 0 unspecified atom stereocenters. The van der Waals surface area contributed by atoms with E-state index in [1.807, 2.05) is 0 Å². The second-order valence-electron chi connectivity index (χ2n) is 3.24. The van der Waals surface area contributed by atoms with Gasteiger partial charge < -0.3 is 0 Å². The normalized spacial score (nSPS) is 12.0. The molecule has 0 radical (unpaired) electrons. The van der Waals surface area contributed by atoms with Gasteiger partial charge in [-0.15, -0.1) is 5.10 Å². The lowest BCUT2D eigenvalue weighted by atomic mass is 10.2. The summed E-state index contributed by atoms with van der Waals surface area (Å²) in [5.74, 6) is 0. The molecule has 0 saturated carbocycles. The Labute approximate surface area is 88.5 Å². The third-order valence-corrected chi connectivity index (χ3v) is 2.09. The van der Waals surface area contributed by atoms with Crippen LogP contribution in [0.15, 0.2) is 18.6 Å². The summed E-state index contributed by atoms with van der Waals surface area (Å²) in [6.45, 7) is 0.00266. The minimum atomic E-state index is -4.42. The molecule has 16 heavy (non-hydrogen) atoms. The van der Waals surface area contributed by atoms with Crippen LogP contribution in [0.3, 0.4) is 0 Å². The summed E-state index contributed by atoms with van der Waals surface area (Å²) in [5.41, 5.74) is -0.691. The highest BCUT2D eigenvalue weighted by atomic mass is 19.4. The third kappa shape index (κ3) is 1.90. The fraction of sp³-hybridized carbons (Fsp3) is 0.375. The molecule has 2 aromatic heterocycles. The van der Waals surface area contributed by atoms with Gasteiger partial charge in [-0.1, -0.05) is 5.21 Å². The van der Waals surface area contributed by atoms with E-state index in [-0.39, 0.29) is 12.1 Å². The molecular weight excluding hydrogens is 223 g/mol. The lowest BCUT2D eigenvalue weighted by molar-refractivity contribution is -0.144. The van der Waals surface area contributed by atoms with E-state index in [9.17, 15) is 13.2 Å². The van der Waals surface area contributed by atoms with Crippen molar-refractivity contribution in [1.29, 1.82) is 0 Å². The zero-order valence-electron chi connectivity index (χ0n) is 8.31. The van der Waals surface area contributed by atoms with Crippen LogP contribution in [0, 0.1) is 0 Å². The highest BCUT2D eigenvalue weighted by Crippen LogP contribution is 2.31. The van der Waals surface area contributed by atoms with Crippen LogP contribution in [0.2, 0.25) is 0 Å². The van der Waals surface area contributed by atoms with Crippen LogP contribution in [0.1, 0.15) is 11.3 Å². The highest BCUT2D eigenvalue weighted by Gasteiger charge is 2.37. The first kappa shape index (κ1) is 10.7. The number of nitrogens with zero attached hydrogens (tertiary/aromatic N) is 5. The molecule has 0 amide bonds. The van der Waals surface area contributed by atoms with Crippen LogP contribution in [0.5, 0.6) is 0 Å². The number of rotatable bonds is 2. The molecule has 0 spiro atoms. The summed E-state index contributed by atoms with van der Waals surface area (Å²) in [6, 6.07) is 0. The van der Waals surface area contributed by atoms with Crippen LogP contribution in [0.25, 0.3) is 0 Å². The Balaban J connectivity index is 2.35. The van der Waals surface area contributed by atoms with E-state index in [1.54, 1.807) is 0 Å². The Morgan fingerprint density at radius 3 is 2.69 bits per heavy atom. The fourth-order valence-electron chi connectivity index (χ4n) is 1.46. The van der Waals surface area contributed by atoms with Crippen molar-refractivity contribution in [3.05, 3.63) is 29.8 Å². The van der Waals surface area contributed by atoms with Gasteiger partial charge in [0.25, 0.3) is 0 Å². The van der Waals surface area contributed by atoms with Gasteiger partial charge in [0, 0.05) is 18.8 Å². The van der Waals surface area contributed by atoms with Gasteiger partial charge in [0.1, 0.15) is 5.69 Å². The molecule has 2 aromatic rings. The van der Waals surface area contributed by atoms with E-state index in [4.69, 9.17) is 0 Å². The quantitative estimate of drug-likeness (QED) is 0.777. The SMILES string of the molecule is Cn1ncc(Cn2ccnn2)c1C(F)(F)F. The minimum Gasteiger partial charge on any atom is -0.263 e. The first-order chi connectivity index (χ1) is 7.48. The van der Waals surface area contributed by atoms with Gasteiger partial charge in [0.2, 0.25) is 0 Å². The lowest BCUT2D eigenvalue weighted by Gasteiger charge is -2.09. The standard InChI is InChI=1S/C8H8F3N5/c1-15-7(8(9,10)11)6(4-13-15)5-16-3-2-12-14-16/h2-4H,5H2,1H3. The molecule has 8 heteroatoms. The molecule has 0 atom stereocenters. The Kier molecular flexibility index (Phi) is 2.41. The molecule has 0 saturated heterocycles. The van der Waals surface area contributed by atoms with E-state index < -0.39 is 11.9 Å². The van der Waals surface area contributed by atoms with Gasteiger partial charge in [-0.2, -0.15) is 18.3 Å². The molecule has 2 rings (SSSR count). The fourth-order valence-corrected chi connectivity index (χ4v) is 1.46. The molecule has 2 heterocycles. The minimum absolute atomic E-state index is 0.00266. The molecule has 5 nitrogen and oxygen atoms in total. The average molecular weight is 231 g/mol. The second kappa shape index (κ2) is 3.62. The van der Waals surface area contributed by atoms with Gasteiger partial charge in [-0.05, 0) is 0 Å². The van der Waals surface area contributed by atoms with Crippen molar-refractivity contribution < 1.29 is 13.2 Å². The highest BCUT2D eigenvalue weighted by molar-refractivity contribution is 5.20. The molecule has 86 valence electrons. The Bertz CT molecular complexity index is 470. The first-order valence-corrected chi connectivity index (χ1v) is 4.40. The largest absolute Gasteiger partial charge is 0.433 e. The van der Waals surface area contributed by atoms with Crippen molar-refractivity contribution >= 4 is 0 Å². The number of aromatic nitrogens is 5. The van der Waals surface area contributed by atoms with Crippen molar-refractivity contribution in [2.45, 2.75) is 12.7 Å². The van der Waals surface area contributed by atoms with E-state index in [0.717, 1.165) is 4.68 Å². The van der Waals surface area contributed by atoms with Crippen molar-refractivity contribution in [2.24, 2.45) is 7.05 Å². The van der Waals surface area contributed by atoms with Crippen molar-refractivity contribution in [3.8, 4) is 0 Å². The third-order valence-electron chi connectivity index (χ3n) is 2.09. The number of alkyl halides is 3. The summed E-state index contributed by atoms with van der Waals surface area (Å²) >= 11 is 0. The Morgan fingerprint density at radius 1 is 1.38 bits per heavy atom. The second-order valence-corrected chi connectivity index (χ2v) is 3.24. The molecule has 0 N–H and O–H groups in total. The number of hydrogen-bond donors (Lipinski definition) is 0. The molecule has 0 bridgehead atoms. The maximum Gasteiger partial charge on any atom is 0.433 e. The lowest BCUT2D eigenvalue weighted by Crippen LogP contribution is -2.15. The number of hydrogen-bond acceptors (Lipinski definition) is 3. The van der Waals surface area contributed by atoms with Crippen LogP contribution in [-0.4, -0.2) is 24.8 Å². The van der Waals surface area contributed by atoms with Gasteiger partial charge in [0.05, 0.1) is 18.9 Å². The average Bonchev–Trinajstić information content (AvgIpc) is 2.75. The summed E-state index contributed by atoms with van der Waals surface area (Å²) in [4.78, 5) is 0. The maximum atomic E-state index is 12.7. The van der Waals surface area contributed by atoms with Crippen LogP contribution < -0.4 is 0 Å². The predicted octanol–water partition coefficient (Wildman–Crippen LogP) is 1.08. The molecule has 0 fully saturated rings. The topological polar surface area (TPSA) is 48.5 Å². The van der Waals surface area contributed by atoms with E-state index in [0.29, 0.717) is 0 Å². The van der Waals surface area contributed by atoms with Gasteiger partial charge in [-0.25, -0.2) is 4.68 Å². The smallest absolute Gasteiger partial charge is 0.263 e. The summed E-state index contributed by atoms with van der Waals surface area (Å²) in [6.07, 6.45) is -0.331. The monoisotopic (exact) mass is 231 g/mol. The zero-order chi connectivity index (χ0) is 11.8. The number of halogens is 3. The summed E-state index contributed by atoms with van der Waals surface area (Å²) in [5, 5.41) is 10.7. The van der Waals surface area contributed by atoms with E-state index >= 15 is 0 Å². The maximum absolute atomic E-state index is 12.7. The van der Waals surface area contributed by atoms with Crippen molar-refractivity contribution in [3.63, 3.8) is 0 Å². The van der Waals surface area contributed by atoms with Gasteiger partial charge in [0.15, 0.2) is 0 Å². The molecule has 0 aliphatic carbocycles. The first-order valence-electron chi connectivity index (χ1n) is 4.40. The van der Waals surface area contributed by atoms with Crippen LogP contribution in [0.4, 0.5) is 13.2 Å². The summed E-state index contributed by atoms with van der Waals surface area (Å²) < 4.78 is 40.1. The van der Waals surface area contributed by atoms with Gasteiger partial charge >= 0.3 is 6.18 Å². The zero-order valence-corrected chi connectivity index (χ0v) is 8.31. The molecule has 0 aliphatic heterocycles. The Hall–Kier alpha value is -1.86. The van der Waals surface area contributed by atoms with Gasteiger partial charge in [-0.3, -0.25) is 4.68 Å². The van der Waals surface area contributed by atoms with E-state index in [1.165, 1.54) is 30.3 Å². The van der Waals surface area contributed by atoms with E-state index in [2.05, 4.69) is 15.4 Å². The number of aryl methyl sites for hydroxylation is 1.